The molecule has 69 heavy (non-hydrogen) atoms. The monoisotopic (exact) mass is 888 g/mol. The number of hydrogen-bond acceptors (Lipinski definition) is 6. The van der Waals surface area contributed by atoms with Crippen LogP contribution in [0.5, 0.6) is 0 Å². The smallest absolute Gasteiger partial charge is 0.200 e. The van der Waals surface area contributed by atoms with Gasteiger partial charge in [0.1, 0.15) is 33.5 Å². The molecule has 13 aromatic rings. The average Bonchev–Trinajstić information content (AvgIpc) is 3.40. The molecule has 324 valence electrons. The number of para-hydroxylation sites is 3. The van der Waals surface area contributed by atoms with Crippen molar-refractivity contribution in [2.24, 2.45) is 0 Å². The minimum atomic E-state index is -0.0647. The van der Waals surface area contributed by atoms with E-state index in [0.717, 1.165) is 66.8 Å². The summed E-state index contributed by atoms with van der Waals surface area (Å²) in [6, 6.07) is 71.0. The van der Waals surface area contributed by atoms with E-state index in [1.807, 2.05) is 146 Å². The van der Waals surface area contributed by atoms with E-state index in [0.29, 0.717) is 65.8 Å². The third-order valence-corrected chi connectivity index (χ3v) is 13.3. The van der Waals surface area contributed by atoms with E-state index >= 15 is 0 Å². The molecule has 0 fully saturated rings. The van der Waals surface area contributed by atoms with Crippen molar-refractivity contribution in [2.45, 2.75) is 0 Å². The van der Waals surface area contributed by atoms with Crippen molar-refractivity contribution in [3.8, 4) is 66.8 Å². The molecule has 6 nitrogen and oxygen atoms in total. The highest BCUT2D eigenvalue weighted by atomic mass is 16.3. The second-order valence-electron chi connectivity index (χ2n) is 17.4. The number of benzene rings is 10. The zero-order valence-electron chi connectivity index (χ0n) is 36.7. The van der Waals surface area contributed by atoms with E-state index in [1.165, 1.54) is 0 Å². The molecule has 13 rings (SSSR count). The third-order valence-electron chi connectivity index (χ3n) is 13.3. The second kappa shape index (κ2) is 15.9. The van der Waals surface area contributed by atoms with Crippen LogP contribution in [0.4, 0.5) is 0 Å². The van der Waals surface area contributed by atoms with Crippen molar-refractivity contribution < 1.29 is 13.3 Å². The fourth-order valence-corrected chi connectivity index (χ4v) is 9.96. The van der Waals surface area contributed by atoms with Crippen molar-refractivity contribution >= 4 is 65.8 Å². The van der Waals surface area contributed by atoms with E-state index < -0.39 is 0 Å². The number of fused-ring (bicyclic) bond motifs is 6. The highest BCUT2D eigenvalue weighted by Crippen LogP contribution is 2.43. The van der Waals surface area contributed by atoms with Crippen LogP contribution in [0, 0.1) is 0 Å². The molecule has 0 N–H and O–H groups in total. The van der Waals surface area contributed by atoms with Crippen LogP contribution < -0.4 is 16.3 Å². The van der Waals surface area contributed by atoms with Gasteiger partial charge < -0.3 is 13.3 Å². The fraction of sp³-hybridized carbons (Fsp3) is 0. The summed E-state index contributed by atoms with van der Waals surface area (Å²) in [6.07, 6.45) is 0. The van der Waals surface area contributed by atoms with Gasteiger partial charge in [-0.15, -0.1) is 0 Å². The van der Waals surface area contributed by atoms with Gasteiger partial charge in [-0.1, -0.05) is 127 Å². The van der Waals surface area contributed by atoms with Gasteiger partial charge in [0.25, 0.3) is 0 Å². The lowest BCUT2D eigenvalue weighted by Crippen LogP contribution is -2.02. The van der Waals surface area contributed by atoms with E-state index in [-0.39, 0.29) is 16.3 Å². The first kappa shape index (κ1) is 39.9. The van der Waals surface area contributed by atoms with Crippen LogP contribution in [0.1, 0.15) is 0 Å². The molecule has 0 aliphatic carbocycles. The molecule has 0 radical (unpaired) electrons. The molecular weight excluding hydrogens is 853 g/mol. The molecular formula is C63H36O6. The quantitative estimate of drug-likeness (QED) is 0.154. The standard InChI is InChI=1S/C63H36O6/c64-61-49-19-7-10-22-55(49)67-58-34-37(25-28-52(58)61)43-13-1-4-16-46(43)40-31-41(47-17-5-2-14-44(47)38-26-29-53-59(35-38)68-56-23-11-8-20-50(56)62(53)65)33-42(32-40)48-18-6-3-15-45(48)39-27-30-54-60(36-39)69-57-24-12-9-21-51(57)63(54)66/h1-36H. The van der Waals surface area contributed by atoms with E-state index in [4.69, 9.17) is 13.3 Å². The Labute approximate surface area is 393 Å². The van der Waals surface area contributed by atoms with E-state index in [1.54, 1.807) is 18.2 Å². The fourth-order valence-electron chi connectivity index (χ4n) is 9.96. The van der Waals surface area contributed by atoms with Crippen LogP contribution in [0.25, 0.3) is 133 Å². The highest BCUT2D eigenvalue weighted by molar-refractivity contribution is 5.99. The van der Waals surface area contributed by atoms with Gasteiger partial charge in [0, 0.05) is 0 Å². The van der Waals surface area contributed by atoms with Crippen molar-refractivity contribution in [3.63, 3.8) is 0 Å². The third kappa shape index (κ3) is 6.69. The Morgan fingerprint density at radius 1 is 0.203 bits per heavy atom. The summed E-state index contributed by atoms with van der Waals surface area (Å²) < 4.78 is 19.1. The zero-order valence-corrected chi connectivity index (χ0v) is 36.7. The molecule has 10 aromatic carbocycles. The summed E-state index contributed by atoms with van der Waals surface area (Å²) >= 11 is 0. The van der Waals surface area contributed by atoms with Crippen LogP contribution in [0.3, 0.4) is 0 Å². The largest absolute Gasteiger partial charge is 0.456 e. The van der Waals surface area contributed by atoms with Crippen LogP contribution in [-0.4, -0.2) is 0 Å². The van der Waals surface area contributed by atoms with Gasteiger partial charge in [0.05, 0.1) is 32.3 Å². The van der Waals surface area contributed by atoms with Crippen LogP contribution in [0.2, 0.25) is 0 Å². The summed E-state index contributed by atoms with van der Waals surface area (Å²) in [5.74, 6) is 0. The molecule has 0 unspecified atom stereocenters. The second-order valence-corrected chi connectivity index (χ2v) is 17.4. The molecule has 3 heterocycles. The van der Waals surface area contributed by atoms with Crippen LogP contribution >= 0.6 is 0 Å². The summed E-state index contributed by atoms with van der Waals surface area (Å²) in [4.78, 5) is 40.8. The van der Waals surface area contributed by atoms with Gasteiger partial charge in [0.2, 0.25) is 16.3 Å². The Morgan fingerprint density at radius 3 is 0.725 bits per heavy atom. The zero-order chi connectivity index (χ0) is 46.2. The molecule has 0 saturated carbocycles. The first-order valence-corrected chi connectivity index (χ1v) is 22.7. The van der Waals surface area contributed by atoms with Gasteiger partial charge in [-0.25, -0.2) is 0 Å². The summed E-state index contributed by atoms with van der Waals surface area (Å²) in [6.45, 7) is 0. The molecule has 0 atom stereocenters. The minimum Gasteiger partial charge on any atom is -0.456 e. The normalized spacial score (nSPS) is 11.7. The average molecular weight is 889 g/mol. The molecule has 3 aromatic heterocycles. The summed E-state index contributed by atoms with van der Waals surface area (Å²) in [5, 5.41) is 3.21. The van der Waals surface area contributed by atoms with Crippen molar-refractivity contribution in [1.82, 2.24) is 0 Å². The molecule has 0 spiro atoms. The maximum absolute atomic E-state index is 13.6. The number of rotatable bonds is 6. The molecule has 0 aliphatic rings. The van der Waals surface area contributed by atoms with E-state index in [9.17, 15) is 14.4 Å². The lowest BCUT2D eigenvalue weighted by molar-refractivity contribution is 0.659. The van der Waals surface area contributed by atoms with Crippen molar-refractivity contribution in [2.75, 3.05) is 0 Å². The lowest BCUT2D eigenvalue weighted by Gasteiger charge is -2.18. The SMILES string of the molecule is O=c1c2ccccc2oc2cc(-c3ccccc3-c3cc(-c4ccccc4-c4ccc5c(=O)c6ccccc6oc5c4)cc(-c4ccccc4-c4ccc5c(=O)c6ccccc6oc5c4)c3)ccc12. The maximum Gasteiger partial charge on any atom is 0.200 e. The van der Waals surface area contributed by atoms with Gasteiger partial charge in [0.15, 0.2) is 0 Å². The maximum atomic E-state index is 13.6. The Balaban J connectivity index is 1.02. The van der Waals surface area contributed by atoms with Gasteiger partial charge in [-0.2, -0.15) is 0 Å². The highest BCUT2D eigenvalue weighted by Gasteiger charge is 2.19. The number of hydrogen-bond donors (Lipinski definition) is 0. The van der Waals surface area contributed by atoms with Gasteiger partial charge in [-0.3, -0.25) is 14.4 Å². The predicted molar refractivity (Wildman–Crippen MR) is 280 cm³/mol. The Morgan fingerprint density at radius 2 is 0.435 bits per heavy atom. The molecule has 0 bridgehead atoms. The topological polar surface area (TPSA) is 90.6 Å². The van der Waals surface area contributed by atoms with Gasteiger partial charge in [-0.05, 0) is 158 Å². The summed E-state index contributed by atoms with van der Waals surface area (Å²) in [7, 11) is 0. The van der Waals surface area contributed by atoms with Crippen molar-refractivity contribution in [3.05, 3.63) is 249 Å². The Hall–Kier alpha value is -9.39. The first-order chi connectivity index (χ1) is 33.9. The van der Waals surface area contributed by atoms with Crippen LogP contribution in [0.15, 0.2) is 246 Å². The van der Waals surface area contributed by atoms with E-state index in [2.05, 4.69) is 54.6 Å². The van der Waals surface area contributed by atoms with Gasteiger partial charge >= 0.3 is 0 Å². The minimum absolute atomic E-state index is 0.0647. The molecule has 6 heteroatoms. The van der Waals surface area contributed by atoms with Crippen LogP contribution in [-0.2, 0) is 0 Å². The lowest BCUT2D eigenvalue weighted by atomic mass is 9.86. The van der Waals surface area contributed by atoms with Crippen molar-refractivity contribution in [1.29, 1.82) is 0 Å². The molecule has 0 aliphatic heterocycles. The Kier molecular flexibility index (Phi) is 9.20. The molecule has 0 saturated heterocycles. The Bertz CT molecular complexity index is 3990. The summed E-state index contributed by atoms with van der Waals surface area (Å²) in [5.41, 5.74) is 14.4. The molecule has 0 amide bonds. The predicted octanol–water partition coefficient (Wildman–Crippen LogP) is 15.5. The first-order valence-electron chi connectivity index (χ1n) is 22.7.